The second kappa shape index (κ2) is 4.57. The second-order valence-corrected chi connectivity index (χ2v) is 4.42. The van der Waals surface area contributed by atoms with Crippen molar-refractivity contribution >= 4 is 6.08 Å². The smallest absolute Gasteiger partial charge is 0.123 e. The molecule has 0 amide bonds. The van der Waals surface area contributed by atoms with E-state index < -0.39 is 0 Å². The van der Waals surface area contributed by atoms with Gasteiger partial charge >= 0.3 is 0 Å². The fourth-order valence-electron chi connectivity index (χ4n) is 2.15. The van der Waals surface area contributed by atoms with Gasteiger partial charge in [0, 0.05) is 12.0 Å². The molecule has 1 unspecified atom stereocenters. The summed E-state index contributed by atoms with van der Waals surface area (Å²) in [6.45, 7) is 0. The van der Waals surface area contributed by atoms with Crippen LogP contribution in [0.15, 0.2) is 54.6 Å². The van der Waals surface area contributed by atoms with Crippen molar-refractivity contribution in [3.05, 3.63) is 65.7 Å². The van der Waals surface area contributed by atoms with Crippen LogP contribution in [0.1, 0.15) is 11.1 Å². The van der Waals surface area contributed by atoms with Crippen LogP contribution >= 0.6 is 0 Å². The Morgan fingerprint density at radius 1 is 1.11 bits per heavy atom. The van der Waals surface area contributed by atoms with E-state index in [0.29, 0.717) is 5.75 Å². The predicted molar refractivity (Wildman–Crippen MR) is 71.7 cm³/mol. The monoisotopic (exact) mass is 238 g/mol. The highest BCUT2D eigenvalue weighted by Gasteiger charge is 2.20. The molecule has 0 aliphatic carbocycles. The van der Waals surface area contributed by atoms with Crippen molar-refractivity contribution in [3.63, 3.8) is 0 Å². The highest BCUT2D eigenvalue weighted by Crippen LogP contribution is 2.32. The van der Waals surface area contributed by atoms with Crippen LogP contribution in [0.25, 0.3) is 6.08 Å². The molecule has 0 fully saturated rings. The van der Waals surface area contributed by atoms with E-state index in [0.717, 1.165) is 17.7 Å². The van der Waals surface area contributed by atoms with Gasteiger partial charge < -0.3 is 9.84 Å². The van der Waals surface area contributed by atoms with Crippen molar-refractivity contribution in [2.75, 3.05) is 0 Å². The van der Waals surface area contributed by atoms with Crippen LogP contribution in [0.5, 0.6) is 11.5 Å². The fraction of sp³-hybridized carbons (Fsp3) is 0.125. The summed E-state index contributed by atoms with van der Waals surface area (Å²) in [6, 6.07) is 15.4. The second-order valence-electron chi connectivity index (χ2n) is 4.42. The standard InChI is InChI=1S/C16H14O2/c17-14-7-9-16-13(10-14)11-15(18-16)8-6-12-4-2-1-3-5-12/h1-10,15,17H,11H2/b8-6+. The number of aromatic hydroxyl groups is 1. The van der Waals surface area contributed by atoms with E-state index in [2.05, 4.69) is 24.3 Å². The van der Waals surface area contributed by atoms with Gasteiger partial charge in [-0.2, -0.15) is 0 Å². The normalized spacial score (nSPS) is 17.7. The van der Waals surface area contributed by atoms with E-state index in [9.17, 15) is 5.11 Å². The maximum atomic E-state index is 9.42. The first kappa shape index (κ1) is 10.9. The molecule has 1 heterocycles. The highest BCUT2D eigenvalue weighted by molar-refractivity contribution is 5.51. The van der Waals surface area contributed by atoms with Crippen molar-refractivity contribution in [1.29, 1.82) is 0 Å². The number of phenolic OH excluding ortho intramolecular Hbond substituents is 1. The lowest BCUT2D eigenvalue weighted by Crippen LogP contribution is -2.08. The van der Waals surface area contributed by atoms with Crippen LogP contribution in [0.3, 0.4) is 0 Å². The van der Waals surface area contributed by atoms with Gasteiger partial charge in [-0.15, -0.1) is 0 Å². The Labute approximate surface area is 106 Å². The summed E-state index contributed by atoms with van der Waals surface area (Å²) >= 11 is 0. The predicted octanol–water partition coefficient (Wildman–Crippen LogP) is 3.41. The first-order valence-electron chi connectivity index (χ1n) is 6.03. The third-order valence-corrected chi connectivity index (χ3v) is 3.05. The van der Waals surface area contributed by atoms with Crippen molar-refractivity contribution in [1.82, 2.24) is 0 Å². The van der Waals surface area contributed by atoms with Gasteiger partial charge in [0.15, 0.2) is 0 Å². The average Bonchev–Trinajstić information content (AvgIpc) is 2.79. The maximum absolute atomic E-state index is 9.42. The van der Waals surface area contributed by atoms with Gasteiger partial charge in [0.05, 0.1) is 0 Å². The largest absolute Gasteiger partial charge is 0.508 e. The lowest BCUT2D eigenvalue weighted by Gasteiger charge is -2.04. The average molecular weight is 238 g/mol. The van der Waals surface area contributed by atoms with E-state index in [1.807, 2.05) is 24.3 Å². The number of hydrogen-bond donors (Lipinski definition) is 1. The summed E-state index contributed by atoms with van der Waals surface area (Å²) < 4.78 is 5.79. The Balaban J connectivity index is 1.73. The zero-order chi connectivity index (χ0) is 12.4. The molecule has 0 spiro atoms. The van der Waals surface area contributed by atoms with Gasteiger partial charge in [0.2, 0.25) is 0 Å². The molecule has 0 aromatic heterocycles. The van der Waals surface area contributed by atoms with Gasteiger partial charge in [-0.25, -0.2) is 0 Å². The van der Waals surface area contributed by atoms with Gasteiger partial charge in [-0.3, -0.25) is 0 Å². The summed E-state index contributed by atoms with van der Waals surface area (Å²) in [5.74, 6) is 1.17. The van der Waals surface area contributed by atoms with Crippen molar-refractivity contribution in [3.8, 4) is 11.5 Å². The van der Waals surface area contributed by atoms with Gasteiger partial charge in [0.1, 0.15) is 17.6 Å². The molecule has 0 radical (unpaired) electrons. The van der Waals surface area contributed by atoms with E-state index >= 15 is 0 Å². The number of ether oxygens (including phenoxy) is 1. The third kappa shape index (κ3) is 2.23. The molecule has 2 aromatic carbocycles. The van der Waals surface area contributed by atoms with Crippen LogP contribution < -0.4 is 4.74 Å². The van der Waals surface area contributed by atoms with E-state index in [4.69, 9.17) is 4.74 Å². The lowest BCUT2D eigenvalue weighted by atomic mass is 10.1. The minimum absolute atomic E-state index is 0.0574. The molecule has 0 saturated heterocycles. The SMILES string of the molecule is Oc1ccc2c(c1)CC(/C=C/c1ccccc1)O2. The molecule has 1 N–H and O–H groups in total. The molecule has 1 aliphatic heterocycles. The highest BCUT2D eigenvalue weighted by atomic mass is 16.5. The minimum Gasteiger partial charge on any atom is -0.508 e. The number of phenols is 1. The summed E-state index contributed by atoms with van der Waals surface area (Å²) in [5.41, 5.74) is 2.23. The van der Waals surface area contributed by atoms with E-state index in [-0.39, 0.29) is 6.10 Å². The first-order valence-corrected chi connectivity index (χ1v) is 6.03. The van der Waals surface area contributed by atoms with Gasteiger partial charge in [0.25, 0.3) is 0 Å². The summed E-state index contributed by atoms with van der Waals surface area (Å²) in [5, 5.41) is 9.42. The lowest BCUT2D eigenvalue weighted by molar-refractivity contribution is 0.284. The van der Waals surface area contributed by atoms with Crippen LogP contribution in [-0.4, -0.2) is 11.2 Å². The zero-order valence-electron chi connectivity index (χ0n) is 9.91. The molecule has 1 aliphatic rings. The first-order chi connectivity index (χ1) is 8.81. The molecule has 2 nitrogen and oxygen atoms in total. The van der Waals surface area contributed by atoms with Crippen molar-refractivity contribution in [2.24, 2.45) is 0 Å². The molecule has 3 rings (SSSR count). The van der Waals surface area contributed by atoms with Crippen LogP contribution in [0, 0.1) is 0 Å². The minimum atomic E-state index is 0.0574. The zero-order valence-corrected chi connectivity index (χ0v) is 9.91. The molecule has 1 atom stereocenters. The molecule has 2 aromatic rings. The Hall–Kier alpha value is -2.22. The summed E-state index contributed by atoms with van der Waals surface area (Å²) in [6.07, 6.45) is 5.00. The molecule has 0 bridgehead atoms. The molecular formula is C16H14O2. The quantitative estimate of drug-likeness (QED) is 0.868. The summed E-state index contributed by atoms with van der Waals surface area (Å²) in [4.78, 5) is 0. The van der Waals surface area contributed by atoms with Crippen molar-refractivity contribution in [2.45, 2.75) is 12.5 Å². The Morgan fingerprint density at radius 3 is 2.78 bits per heavy atom. The van der Waals surface area contributed by atoms with E-state index in [1.165, 1.54) is 5.56 Å². The Morgan fingerprint density at radius 2 is 1.94 bits per heavy atom. The van der Waals surface area contributed by atoms with Crippen LogP contribution in [0.4, 0.5) is 0 Å². The number of rotatable bonds is 2. The van der Waals surface area contributed by atoms with Gasteiger partial charge in [-0.05, 0) is 29.8 Å². The fourth-order valence-corrected chi connectivity index (χ4v) is 2.15. The number of fused-ring (bicyclic) bond motifs is 1. The molecule has 0 saturated carbocycles. The molecular weight excluding hydrogens is 224 g/mol. The van der Waals surface area contributed by atoms with Crippen molar-refractivity contribution < 1.29 is 9.84 Å². The third-order valence-electron chi connectivity index (χ3n) is 3.05. The van der Waals surface area contributed by atoms with Crippen LogP contribution in [-0.2, 0) is 6.42 Å². The number of benzene rings is 2. The van der Waals surface area contributed by atoms with Crippen LogP contribution in [0.2, 0.25) is 0 Å². The summed E-state index contributed by atoms with van der Waals surface area (Å²) in [7, 11) is 0. The Bertz CT molecular complexity index is 573. The molecule has 2 heteroatoms. The molecule has 18 heavy (non-hydrogen) atoms. The maximum Gasteiger partial charge on any atom is 0.123 e. The van der Waals surface area contributed by atoms with E-state index in [1.54, 1.807) is 12.1 Å². The Kier molecular flexibility index (Phi) is 2.77. The molecule has 90 valence electrons. The number of hydrogen-bond acceptors (Lipinski definition) is 2. The van der Waals surface area contributed by atoms with Gasteiger partial charge in [-0.1, -0.05) is 36.4 Å². The topological polar surface area (TPSA) is 29.5 Å².